The smallest absolute Gasteiger partial charge is 0.455 e. The Kier molecular flexibility index (Phi) is 3.87. The summed E-state index contributed by atoms with van der Waals surface area (Å²) in [6.07, 6.45) is 1.69. The zero-order chi connectivity index (χ0) is 17.4. The second kappa shape index (κ2) is 6.20. The summed E-state index contributed by atoms with van der Waals surface area (Å²) in [6.45, 7) is 2.17. The molecule has 3 heterocycles. The lowest BCUT2D eigenvalue weighted by Crippen LogP contribution is -2.28. The molecule has 1 amide bonds. The van der Waals surface area contributed by atoms with Gasteiger partial charge in [0.2, 0.25) is 0 Å². The highest BCUT2D eigenvalue weighted by atomic mass is 16.5. The molecule has 0 bridgehead atoms. The maximum absolute atomic E-state index is 12.5. The number of nitrogens with one attached hydrogen (secondary N) is 1. The van der Waals surface area contributed by atoms with Crippen LogP contribution in [0.4, 0.5) is 5.69 Å². The number of carbonyl (C=O) groups is 1. The average Bonchev–Trinajstić information content (AvgIpc) is 3.19. The summed E-state index contributed by atoms with van der Waals surface area (Å²) in [5.41, 5.74) is 3.69. The van der Waals surface area contributed by atoms with Crippen LogP contribution in [0.15, 0.2) is 53.1 Å². The predicted molar refractivity (Wildman–Crippen MR) is 93.5 cm³/mol. The zero-order valence-electron chi connectivity index (χ0n) is 13.5. The van der Waals surface area contributed by atoms with Gasteiger partial charge in [-0.05, 0) is 48.3 Å². The molecular weight excluding hydrogens is 319 g/mol. The Balaban J connectivity index is 1.57. The molecule has 1 aliphatic rings. The van der Waals surface area contributed by atoms with Crippen molar-refractivity contribution in [1.82, 2.24) is 4.98 Å². The summed E-state index contributed by atoms with van der Waals surface area (Å²) >= 11 is 0. The molecule has 0 unspecified atom stereocenters. The number of nitrogens with zero attached hydrogens (tertiary/aromatic N) is 1. The Morgan fingerprint density at radius 1 is 1.28 bits per heavy atom. The lowest BCUT2D eigenvalue weighted by atomic mass is 9.79. The van der Waals surface area contributed by atoms with Gasteiger partial charge in [-0.2, -0.15) is 0 Å². The molecule has 4 rings (SSSR count). The lowest BCUT2D eigenvalue weighted by molar-refractivity contribution is 0.0995. The minimum Gasteiger partial charge on any atom is -0.455 e. The fraction of sp³-hybridized carbons (Fsp3) is 0.111. The molecule has 3 aromatic rings. The third-order valence-electron chi connectivity index (χ3n) is 4.15. The van der Waals surface area contributed by atoms with Gasteiger partial charge in [0.25, 0.3) is 5.91 Å². The highest BCUT2D eigenvalue weighted by Crippen LogP contribution is 2.25. The van der Waals surface area contributed by atoms with Crippen LogP contribution in [0, 0.1) is 6.92 Å². The van der Waals surface area contributed by atoms with Gasteiger partial charge in [-0.1, -0.05) is 12.1 Å². The van der Waals surface area contributed by atoms with Gasteiger partial charge in [-0.15, -0.1) is 0 Å². The van der Waals surface area contributed by atoms with Crippen molar-refractivity contribution in [1.29, 1.82) is 0 Å². The molecule has 1 aliphatic heterocycles. The summed E-state index contributed by atoms with van der Waals surface area (Å²) in [5.74, 6) is 0.468. The van der Waals surface area contributed by atoms with Crippen LogP contribution in [0.2, 0.25) is 0 Å². The molecule has 0 atom stereocenters. The fourth-order valence-electron chi connectivity index (χ4n) is 2.86. The third-order valence-corrected chi connectivity index (χ3v) is 4.15. The van der Waals surface area contributed by atoms with Crippen LogP contribution in [0.25, 0.3) is 11.3 Å². The molecule has 2 N–H and O–H groups in total. The Morgan fingerprint density at radius 2 is 2.16 bits per heavy atom. The monoisotopic (exact) mass is 334 g/mol. The Hall–Kier alpha value is -2.90. The second-order valence-electron chi connectivity index (χ2n) is 5.83. The molecule has 124 valence electrons. The lowest BCUT2D eigenvalue weighted by Gasteiger charge is -2.05. The molecule has 0 aliphatic carbocycles. The van der Waals surface area contributed by atoms with Crippen molar-refractivity contribution >= 4 is 24.2 Å². The molecule has 2 aromatic heterocycles. The Bertz CT molecular complexity index is 940. The van der Waals surface area contributed by atoms with Crippen molar-refractivity contribution in [2.75, 3.05) is 5.32 Å². The maximum atomic E-state index is 12.5. The summed E-state index contributed by atoms with van der Waals surface area (Å²) in [4.78, 5) is 16.8. The standard InChI is InChI=1S/C18H15BN2O4/c1-11-14(16-4-2-3-7-20-16)9-17(25-11)18(22)21-13-6-5-12-10-24-19(23)15(12)8-13/h2-9,23H,10H2,1H3,(H,21,22). The molecular formula is C18H15BN2O4. The molecule has 7 heteroatoms. The minimum absolute atomic E-state index is 0.204. The number of pyridine rings is 1. The van der Waals surface area contributed by atoms with Crippen molar-refractivity contribution in [2.24, 2.45) is 0 Å². The highest BCUT2D eigenvalue weighted by molar-refractivity contribution is 6.61. The fourth-order valence-corrected chi connectivity index (χ4v) is 2.86. The van der Waals surface area contributed by atoms with Gasteiger partial charge >= 0.3 is 7.12 Å². The van der Waals surface area contributed by atoms with E-state index in [1.807, 2.05) is 24.3 Å². The number of aryl methyl sites for hydroxylation is 1. The normalized spacial score (nSPS) is 13.0. The number of anilines is 1. The molecule has 0 fully saturated rings. The van der Waals surface area contributed by atoms with E-state index in [0.29, 0.717) is 23.5 Å². The van der Waals surface area contributed by atoms with Gasteiger partial charge in [0.05, 0.1) is 12.3 Å². The van der Waals surface area contributed by atoms with Crippen LogP contribution in [0.5, 0.6) is 0 Å². The van der Waals surface area contributed by atoms with E-state index < -0.39 is 7.12 Å². The molecule has 0 saturated carbocycles. The van der Waals surface area contributed by atoms with Gasteiger partial charge < -0.3 is 19.4 Å². The molecule has 0 spiro atoms. The van der Waals surface area contributed by atoms with Gasteiger partial charge in [0.1, 0.15) is 5.76 Å². The molecule has 25 heavy (non-hydrogen) atoms. The van der Waals surface area contributed by atoms with Crippen molar-refractivity contribution < 1.29 is 18.9 Å². The minimum atomic E-state index is -0.950. The van der Waals surface area contributed by atoms with E-state index >= 15 is 0 Å². The summed E-state index contributed by atoms with van der Waals surface area (Å²) in [6, 6.07) is 12.6. The first-order chi connectivity index (χ1) is 12.1. The number of fused-ring (bicyclic) bond motifs is 1. The maximum Gasteiger partial charge on any atom is 0.491 e. The van der Waals surface area contributed by atoms with Gasteiger partial charge in [0.15, 0.2) is 5.76 Å². The van der Waals surface area contributed by atoms with Crippen LogP contribution in [-0.4, -0.2) is 23.0 Å². The Morgan fingerprint density at radius 3 is 2.96 bits per heavy atom. The number of hydrogen-bond donors (Lipinski definition) is 2. The largest absolute Gasteiger partial charge is 0.491 e. The van der Waals surface area contributed by atoms with Gasteiger partial charge in [-0.3, -0.25) is 9.78 Å². The first-order valence-corrected chi connectivity index (χ1v) is 7.87. The molecule has 0 saturated heterocycles. The van der Waals surface area contributed by atoms with E-state index in [0.717, 1.165) is 16.8 Å². The topological polar surface area (TPSA) is 84.6 Å². The number of carbonyl (C=O) groups excluding carboxylic acids is 1. The van der Waals surface area contributed by atoms with E-state index in [4.69, 9.17) is 9.07 Å². The summed E-state index contributed by atoms with van der Waals surface area (Å²) in [5, 5.41) is 12.5. The first kappa shape index (κ1) is 15.6. The quantitative estimate of drug-likeness (QED) is 0.717. The van der Waals surface area contributed by atoms with E-state index in [1.54, 1.807) is 31.3 Å². The highest BCUT2D eigenvalue weighted by Gasteiger charge is 2.27. The van der Waals surface area contributed by atoms with Crippen molar-refractivity contribution in [2.45, 2.75) is 13.5 Å². The van der Waals surface area contributed by atoms with Crippen LogP contribution in [0.3, 0.4) is 0 Å². The SMILES string of the molecule is Cc1oc(C(=O)Nc2ccc3c(c2)B(O)OC3)cc1-c1ccccn1. The average molecular weight is 334 g/mol. The first-order valence-electron chi connectivity index (χ1n) is 7.87. The van der Waals surface area contributed by atoms with Gasteiger partial charge in [0, 0.05) is 17.4 Å². The second-order valence-corrected chi connectivity index (χ2v) is 5.83. The number of aromatic nitrogens is 1. The predicted octanol–water partition coefficient (Wildman–Crippen LogP) is 2.12. The Labute approximate surface area is 144 Å². The van der Waals surface area contributed by atoms with Crippen LogP contribution in [0.1, 0.15) is 21.9 Å². The molecule has 1 aromatic carbocycles. The summed E-state index contributed by atoms with van der Waals surface area (Å²) < 4.78 is 10.7. The number of furan rings is 1. The van der Waals surface area contributed by atoms with Crippen LogP contribution >= 0.6 is 0 Å². The van der Waals surface area contributed by atoms with E-state index in [2.05, 4.69) is 10.3 Å². The van der Waals surface area contributed by atoms with Crippen molar-refractivity contribution in [3.8, 4) is 11.3 Å². The molecule has 0 radical (unpaired) electrons. The molecule has 6 nitrogen and oxygen atoms in total. The van der Waals surface area contributed by atoms with Crippen molar-refractivity contribution in [3.63, 3.8) is 0 Å². The van der Waals surface area contributed by atoms with E-state index in [9.17, 15) is 9.82 Å². The zero-order valence-corrected chi connectivity index (χ0v) is 13.5. The van der Waals surface area contributed by atoms with E-state index in [-0.39, 0.29) is 11.7 Å². The summed E-state index contributed by atoms with van der Waals surface area (Å²) in [7, 11) is -0.950. The number of benzene rings is 1. The number of hydrogen-bond acceptors (Lipinski definition) is 5. The van der Waals surface area contributed by atoms with Crippen LogP contribution < -0.4 is 10.8 Å². The third kappa shape index (κ3) is 2.95. The van der Waals surface area contributed by atoms with Crippen molar-refractivity contribution in [3.05, 3.63) is 65.7 Å². The number of amides is 1. The van der Waals surface area contributed by atoms with Crippen LogP contribution in [-0.2, 0) is 11.3 Å². The van der Waals surface area contributed by atoms with E-state index in [1.165, 1.54) is 0 Å². The number of rotatable bonds is 3. The van der Waals surface area contributed by atoms with Gasteiger partial charge in [-0.25, -0.2) is 0 Å².